The van der Waals surface area contributed by atoms with Crippen LogP contribution in [-0.2, 0) is 6.54 Å². The topological polar surface area (TPSA) is 78.5 Å². The zero-order valence-corrected chi connectivity index (χ0v) is 16.3. The molecule has 0 aliphatic heterocycles. The lowest BCUT2D eigenvalue weighted by atomic mass is 10.1. The van der Waals surface area contributed by atoms with Crippen molar-refractivity contribution in [2.45, 2.75) is 19.6 Å². The standard InChI is InChI=1S/C20H23N3O3S/c1-4-9-23(10-13(2)24)11-17-21-19(25)18-15(12-27-20(18)22-17)14-7-5-6-8-16(14)26-3/h4-8,12-13,24H,1,9-11H2,2-3H3,(H,21,22,25)/t13-/m0/s1. The number of hydrogen-bond donors (Lipinski definition) is 2. The molecule has 2 N–H and O–H groups in total. The third-order valence-corrected chi connectivity index (χ3v) is 5.05. The van der Waals surface area contributed by atoms with E-state index in [1.54, 1.807) is 20.1 Å². The number of aromatic amines is 1. The lowest BCUT2D eigenvalue weighted by molar-refractivity contribution is 0.128. The third-order valence-electron chi connectivity index (χ3n) is 4.17. The Kier molecular flexibility index (Phi) is 6.05. The summed E-state index contributed by atoms with van der Waals surface area (Å²) in [6.07, 6.45) is 1.29. The fourth-order valence-electron chi connectivity index (χ4n) is 3.11. The van der Waals surface area contributed by atoms with Crippen molar-refractivity contribution in [1.29, 1.82) is 0 Å². The Hall–Kier alpha value is -2.48. The second-order valence-electron chi connectivity index (χ2n) is 6.37. The lowest BCUT2D eigenvalue weighted by Gasteiger charge is -2.21. The molecule has 2 aromatic heterocycles. The highest BCUT2D eigenvalue weighted by Gasteiger charge is 2.17. The number of fused-ring (bicyclic) bond motifs is 1. The number of benzene rings is 1. The molecular weight excluding hydrogens is 362 g/mol. The number of aliphatic hydroxyl groups excluding tert-OH is 1. The number of methoxy groups -OCH3 is 1. The molecule has 142 valence electrons. The molecule has 7 heteroatoms. The van der Waals surface area contributed by atoms with Crippen molar-refractivity contribution >= 4 is 21.6 Å². The second-order valence-corrected chi connectivity index (χ2v) is 7.23. The van der Waals surface area contributed by atoms with Crippen molar-refractivity contribution in [3.05, 3.63) is 58.5 Å². The summed E-state index contributed by atoms with van der Waals surface area (Å²) < 4.78 is 5.43. The number of aliphatic hydroxyl groups is 1. The number of H-pyrrole nitrogens is 1. The van der Waals surface area contributed by atoms with Gasteiger partial charge in [0.25, 0.3) is 5.56 Å². The van der Waals surface area contributed by atoms with Gasteiger partial charge in [-0.1, -0.05) is 24.3 Å². The highest BCUT2D eigenvalue weighted by molar-refractivity contribution is 7.17. The molecule has 3 rings (SSSR count). The van der Waals surface area contributed by atoms with Crippen LogP contribution in [0.5, 0.6) is 5.75 Å². The van der Waals surface area contributed by atoms with E-state index in [9.17, 15) is 9.90 Å². The highest BCUT2D eigenvalue weighted by atomic mass is 32.1. The van der Waals surface area contributed by atoms with Crippen LogP contribution in [0.3, 0.4) is 0 Å². The van der Waals surface area contributed by atoms with Gasteiger partial charge in [-0.05, 0) is 13.0 Å². The maximum absolute atomic E-state index is 12.8. The molecule has 27 heavy (non-hydrogen) atoms. The van der Waals surface area contributed by atoms with Gasteiger partial charge >= 0.3 is 0 Å². The Labute approximate surface area is 161 Å². The molecule has 0 aliphatic rings. The molecule has 2 heterocycles. The van der Waals surface area contributed by atoms with Crippen LogP contribution in [0.15, 0.2) is 47.1 Å². The van der Waals surface area contributed by atoms with E-state index in [0.29, 0.717) is 35.7 Å². The molecule has 0 fully saturated rings. The first-order chi connectivity index (χ1) is 13.0. The number of ether oxygens (including phenoxy) is 1. The Bertz CT molecular complexity index is 994. The minimum atomic E-state index is -0.473. The largest absolute Gasteiger partial charge is 0.496 e. The quantitative estimate of drug-likeness (QED) is 0.583. The normalized spacial score (nSPS) is 12.4. The molecule has 0 radical (unpaired) electrons. The zero-order chi connectivity index (χ0) is 19.4. The predicted molar refractivity (Wildman–Crippen MR) is 109 cm³/mol. The van der Waals surface area contributed by atoms with Crippen molar-refractivity contribution in [3.63, 3.8) is 0 Å². The van der Waals surface area contributed by atoms with E-state index in [0.717, 1.165) is 16.9 Å². The summed E-state index contributed by atoms with van der Waals surface area (Å²) in [5.74, 6) is 1.29. The average molecular weight is 385 g/mol. The third kappa shape index (κ3) is 4.27. The molecule has 1 aromatic carbocycles. The highest BCUT2D eigenvalue weighted by Crippen LogP contribution is 2.36. The number of nitrogens with one attached hydrogen (secondary N) is 1. The van der Waals surface area contributed by atoms with Gasteiger partial charge < -0.3 is 14.8 Å². The Morgan fingerprint density at radius 3 is 2.89 bits per heavy atom. The number of thiophene rings is 1. The first-order valence-corrected chi connectivity index (χ1v) is 9.56. The molecule has 0 bridgehead atoms. The van der Waals surface area contributed by atoms with E-state index in [-0.39, 0.29) is 5.56 Å². The number of rotatable bonds is 8. The Balaban J connectivity index is 2.00. The molecular formula is C20H23N3O3S. The van der Waals surface area contributed by atoms with Crippen LogP contribution in [0.25, 0.3) is 21.3 Å². The van der Waals surface area contributed by atoms with Crippen LogP contribution in [-0.4, -0.2) is 46.3 Å². The van der Waals surface area contributed by atoms with Crippen molar-refractivity contribution < 1.29 is 9.84 Å². The van der Waals surface area contributed by atoms with Crippen LogP contribution in [0.2, 0.25) is 0 Å². The smallest absolute Gasteiger partial charge is 0.260 e. The average Bonchev–Trinajstić information content (AvgIpc) is 3.05. The van der Waals surface area contributed by atoms with Gasteiger partial charge in [0.05, 0.1) is 25.1 Å². The van der Waals surface area contributed by atoms with E-state index in [4.69, 9.17) is 4.74 Å². The van der Waals surface area contributed by atoms with Gasteiger partial charge in [0.2, 0.25) is 0 Å². The maximum Gasteiger partial charge on any atom is 0.260 e. The van der Waals surface area contributed by atoms with E-state index in [2.05, 4.69) is 16.5 Å². The Morgan fingerprint density at radius 1 is 1.41 bits per heavy atom. The van der Waals surface area contributed by atoms with E-state index in [1.807, 2.05) is 34.5 Å². The second kappa shape index (κ2) is 8.47. The molecule has 3 aromatic rings. The van der Waals surface area contributed by atoms with Gasteiger partial charge in [0.15, 0.2) is 0 Å². The maximum atomic E-state index is 12.8. The molecule has 0 saturated heterocycles. The van der Waals surface area contributed by atoms with Crippen molar-refractivity contribution in [2.24, 2.45) is 0 Å². The first-order valence-electron chi connectivity index (χ1n) is 8.68. The number of aromatic nitrogens is 2. The molecule has 0 amide bonds. The van der Waals surface area contributed by atoms with E-state index >= 15 is 0 Å². The molecule has 1 atom stereocenters. The SMILES string of the molecule is C=CCN(Cc1nc2scc(-c3ccccc3OC)c2c(=O)[nH]1)C[C@H](C)O. The molecule has 0 unspecified atom stereocenters. The fraction of sp³-hybridized carbons (Fsp3) is 0.300. The van der Waals surface area contributed by atoms with Crippen LogP contribution in [0, 0.1) is 0 Å². The van der Waals surface area contributed by atoms with Gasteiger partial charge in [0.1, 0.15) is 16.4 Å². The van der Waals surface area contributed by atoms with Gasteiger partial charge in [-0.25, -0.2) is 4.98 Å². The molecule has 0 spiro atoms. The van der Waals surface area contributed by atoms with Crippen molar-refractivity contribution in [1.82, 2.24) is 14.9 Å². The summed E-state index contributed by atoms with van der Waals surface area (Å²) in [7, 11) is 1.62. The minimum Gasteiger partial charge on any atom is -0.496 e. The van der Waals surface area contributed by atoms with Gasteiger partial charge in [-0.2, -0.15) is 0 Å². The predicted octanol–water partition coefficient (Wildman–Crippen LogP) is 3.03. The van der Waals surface area contributed by atoms with Crippen LogP contribution < -0.4 is 10.3 Å². The van der Waals surface area contributed by atoms with E-state index in [1.165, 1.54) is 11.3 Å². The lowest BCUT2D eigenvalue weighted by Crippen LogP contribution is -2.32. The Morgan fingerprint density at radius 2 is 2.19 bits per heavy atom. The summed E-state index contributed by atoms with van der Waals surface area (Å²) >= 11 is 1.44. The fourth-order valence-corrected chi connectivity index (χ4v) is 4.06. The summed E-state index contributed by atoms with van der Waals surface area (Å²) in [5.41, 5.74) is 1.51. The van der Waals surface area contributed by atoms with Crippen molar-refractivity contribution in [2.75, 3.05) is 20.2 Å². The summed E-state index contributed by atoms with van der Waals surface area (Å²) in [4.78, 5) is 23.0. The molecule has 6 nitrogen and oxygen atoms in total. The van der Waals surface area contributed by atoms with Gasteiger partial charge in [-0.3, -0.25) is 9.69 Å². The van der Waals surface area contributed by atoms with Crippen LogP contribution in [0.1, 0.15) is 12.7 Å². The monoisotopic (exact) mass is 385 g/mol. The van der Waals surface area contributed by atoms with Gasteiger partial charge in [-0.15, -0.1) is 17.9 Å². The summed E-state index contributed by atoms with van der Waals surface area (Å²) in [6.45, 7) is 6.99. The van der Waals surface area contributed by atoms with Crippen molar-refractivity contribution in [3.8, 4) is 16.9 Å². The van der Waals surface area contributed by atoms with E-state index < -0.39 is 6.10 Å². The number of para-hydroxylation sites is 1. The zero-order valence-electron chi connectivity index (χ0n) is 15.4. The molecule has 0 saturated carbocycles. The number of nitrogens with zero attached hydrogens (tertiary/aromatic N) is 2. The van der Waals surface area contributed by atoms with Gasteiger partial charge in [0, 0.05) is 29.6 Å². The first kappa shape index (κ1) is 19.3. The van der Waals surface area contributed by atoms with Crippen LogP contribution in [0.4, 0.5) is 0 Å². The minimum absolute atomic E-state index is 0.173. The number of hydrogen-bond acceptors (Lipinski definition) is 6. The molecule has 0 aliphatic carbocycles. The van der Waals surface area contributed by atoms with Crippen LogP contribution >= 0.6 is 11.3 Å². The summed E-state index contributed by atoms with van der Waals surface area (Å²) in [6, 6.07) is 7.62. The summed E-state index contributed by atoms with van der Waals surface area (Å²) in [5, 5.41) is 12.2.